The highest BCUT2D eigenvalue weighted by atomic mass is 16.5. The zero-order chi connectivity index (χ0) is 11.7. The molecule has 3 saturated heterocycles. The molecule has 0 radical (unpaired) electrons. The molecule has 4 fully saturated rings. The first kappa shape index (κ1) is 10.8. The van der Waals surface area contributed by atoms with Crippen LogP contribution in [0, 0.1) is 17.3 Å². The van der Waals surface area contributed by atoms with Crippen LogP contribution in [0.4, 0.5) is 0 Å². The van der Waals surface area contributed by atoms with Gasteiger partial charge in [0.2, 0.25) is 0 Å². The second-order valence-corrected chi connectivity index (χ2v) is 7.13. The molecule has 4 unspecified atom stereocenters. The Labute approximate surface area is 104 Å². The van der Waals surface area contributed by atoms with E-state index in [1.54, 1.807) is 0 Å². The summed E-state index contributed by atoms with van der Waals surface area (Å²) in [7, 11) is 4.51. The first-order chi connectivity index (χ1) is 8.14. The van der Waals surface area contributed by atoms with Crippen molar-refractivity contribution in [1.82, 2.24) is 9.80 Å². The Morgan fingerprint density at radius 3 is 2.29 bits per heavy atom. The van der Waals surface area contributed by atoms with Crippen LogP contribution in [0.15, 0.2) is 0 Å². The van der Waals surface area contributed by atoms with Crippen LogP contribution in [-0.4, -0.2) is 62.3 Å². The molecule has 3 heteroatoms. The SMILES string of the molecule is CN1CCC2(CC2C2COC23CCN(C)C3)C1. The molecule has 0 aromatic carbocycles. The van der Waals surface area contributed by atoms with E-state index in [-0.39, 0.29) is 5.60 Å². The highest BCUT2D eigenvalue weighted by Crippen LogP contribution is 2.66. The van der Waals surface area contributed by atoms with E-state index in [4.69, 9.17) is 4.74 Å². The predicted octanol–water partition coefficient (Wildman–Crippen LogP) is 1.05. The molecule has 0 aromatic heterocycles. The molecule has 0 aromatic rings. The van der Waals surface area contributed by atoms with Crippen LogP contribution in [0.25, 0.3) is 0 Å². The van der Waals surface area contributed by atoms with E-state index < -0.39 is 0 Å². The first-order valence-electron chi connectivity index (χ1n) is 7.15. The molecule has 0 N–H and O–H groups in total. The van der Waals surface area contributed by atoms with E-state index in [0.29, 0.717) is 5.41 Å². The third kappa shape index (κ3) is 1.39. The van der Waals surface area contributed by atoms with Crippen molar-refractivity contribution in [2.24, 2.45) is 17.3 Å². The number of hydrogen-bond acceptors (Lipinski definition) is 3. The highest BCUT2D eigenvalue weighted by molar-refractivity contribution is 5.16. The van der Waals surface area contributed by atoms with E-state index in [1.807, 2.05) is 0 Å². The maximum atomic E-state index is 6.04. The van der Waals surface area contributed by atoms with Crippen molar-refractivity contribution in [3.05, 3.63) is 0 Å². The Morgan fingerprint density at radius 2 is 1.76 bits per heavy atom. The molecule has 4 rings (SSSR count). The fourth-order valence-electron chi connectivity index (χ4n) is 4.84. The molecule has 3 aliphatic heterocycles. The first-order valence-corrected chi connectivity index (χ1v) is 7.15. The Hall–Kier alpha value is -0.120. The van der Waals surface area contributed by atoms with Crippen LogP contribution < -0.4 is 0 Å². The molecule has 0 bridgehead atoms. The van der Waals surface area contributed by atoms with Crippen molar-refractivity contribution >= 4 is 0 Å². The predicted molar refractivity (Wildman–Crippen MR) is 66.9 cm³/mol. The summed E-state index contributed by atoms with van der Waals surface area (Å²) in [5.74, 6) is 1.85. The van der Waals surface area contributed by atoms with Gasteiger partial charge in [-0.05, 0) is 51.2 Å². The molecule has 1 aliphatic carbocycles. The van der Waals surface area contributed by atoms with Crippen LogP contribution in [0.3, 0.4) is 0 Å². The monoisotopic (exact) mass is 236 g/mol. The summed E-state index contributed by atoms with van der Waals surface area (Å²) in [4.78, 5) is 4.97. The number of ether oxygens (including phenoxy) is 1. The number of likely N-dealkylation sites (tertiary alicyclic amines) is 2. The largest absolute Gasteiger partial charge is 0.373 e. The maximum Gasteiger partial charge on any atom is 0.0873 e. The van der Waals surface area contributed by atoms with Gasteiger partial charge in [-0.25, -0.2) is 0 Å². The lowest BCUT2D eigenvalue weighted by Crippen LogP contribution is -2.56. The Bertz CT molecular complexity index is 347. The molecule has 0 amide bonds. The van der Waals surface area contributed by atoms with Crippen LogP contribution >= 0.6 is 0 Å². The summed E-state index contributed by atoms with van der Waals surface area (Å²) in [6.45, 7) is 6.12. The minimum atomic E-state index is 0.268. The van der Waals surface area contributed by atoms with Gasteiger partial charge in [0, 0.05) is 25.6 Å². The van der Waals surface area contributed by atoms with Gasteiger partial charge < -0.3 is 14.5 Å². The molecule has 3 nitrogen and oxygen atoms in total. The van der Waals surface area contributed by atoms with E-state index in [0.717, 1.165) is 18.4 Å². The van der Waals surface area contributed by atoms with Gasteiger partial charge in [0.25, 0.3) is 0 Å². The molecule has 96 valence electrons. The van der Waals surface area contributed by atoms with Crippen molar-refractivity contribution in [3.8, 4) is 0 Å². The normalized spacial score (nSPS) is 54.7. The highest BCUT2D eigenvalue weighted by Gasteiger charge is 2.67. The molecule has 2 spiro atoms. The topological polar surface area (TPSA) is 15.7 Å². The zero-order valence-corrected chi connectivity index (χ0v) is 11.1. The lowest BCUT2D eigenvalue weighted by Gasteiger charge is -2.48. The van der Waals surface area contributed by atoms with Gasteiger partial charge in [0.05, 0.1) is 12.2 Å². The molecular weight excluding hydrogens is 212 g/mol. The standard InChI is InChI=1S/C14H24N2O/c1-15-5-3-13(9-15)7-11(13)12-8-17-14(12)4-6-16(2)10-14/h11-12H,3-10H2,1-2H3. The van der Waals surface area contributed by atoms with Gasteiger partial charge in [-0.3, -0.25) is 0 Å². The van der Waals surface area contributed by atoms with E-state index >= 15 is 0 Å². The summed E-state index contributed by atoms with van der Waals surface area (Å²) in [5, 5.41) is 0. The minimum Gasteiger partial charge on any atom is -0.373 e. The summed E-state index contributed by atoms with van der Waals surface area (Å²) < 4.78 is 6.04. The molecule has 1 saturated carbocycles. The van der Waals surface area contributed by atoms with Crippen molar-refractivity contribution in [3.63, 3.8) is 0 Å². The Morgan fingerprint density at radius 1 is 1.00 bits per heavy atom. The van der Waals surface area contributed by atoms with E-state index in [1.165, 1.54) is 45.4 Å². The van der Waals surface area contributed by atoms with Crippen molar-refractivity contribution in [2.45, 2.75) is 24.9 Å². The fourth-order valence-corrected chi connectivity index (χ4v) is 4.84. The van der Waals surface area contributed by atoms with Gasteiger partial charge in [-0.2, -0.15) is 0 Å². The lowest BCUT2D eigenvalue weighted by atomic mass is 9.76. The smallest absolute Gasteiger partial charge is 0.0873 e. The molecule has 17 heavy (non-hydrogen) atoms. The van der Waals surface area contributed by atoms with Gasteiger partial charge in [-0.15, -0.1) is 0 Å². The van der Waals surface area contributed by atoms with Crippen LogP contribution in [0.5, 0.6) is 0 Å². The van der Waals surface area contributed by atoms with Crippen LogP contribution in [0.2, 0.25) is 0 Å². The van der Waals surface area contributed by atoms with Crippen molar-refractivity contribution in [2.75, 3.05) is 46.9 Å². The summed E-state index contributed by atoms with van der Waals surface area (Å²) in [6, 6.07) is 0. The molecular formula is C14H24N2O. The van der Waals surface area contributed by atoms with Crippen molar-refractivity contribution < 1.29 is 4.74 Å². The number of rotatable bonds is 1. The van der Waals surface area contributed by atoms with Crippen LogP contribution in [0.1, 0.15) is 19.3 Å². The van der Waals surface area contributed by atoms with Gasteiger partial charge in [0.15, 0.2) is 0 Å². The van der Waals surface area contributed by atoms with E-state index in [2.05, 4.69) is 23.9 Å². The summed E-state index contributed by atoms with van der Waals surface area (Å²) in [6.07, 6.45) is 4.20. The minimum absolute atomic E-state index is 0.268. The lowest BCUT2D eigenvalue weighted by molar-refractivity contribution is -0.205. The second-order valence-electron chi connectivity index (χ2n) is 7.13. The molecule has 3 heterocycles. The quantitative estimate of drug-likeness (QED) is 0.677. The number of hydrogen-bond donors (Lipinski definition) is 0. The zero-order valence-electron chi connectivity index (χ0n) is 11.1. The molecule has 4 aliphatic rings. The Balaban J connectivity index is 1.48. The number of likely N-dealkylation sites (N-methyl/N-ethyl adjacent to an activating group) is 1. The maximum absolute atomic E-state index is 6.04. The average molecular weight is 236 g/mol. The average Bonchev–Trinajstić information content (AvgIpc) is 2.61. The number of nitrogens with zero attached hydrogens (tertiary/aromatic N) is 2. The van der Waals surface area contributed by atoms with Gasteiger partial charge in [0.1, 0.15) is 0 Å². The third-order valence-electron chi connectivity index (χ3n) is 6.00. The Kier molecular flexibility index (Phi) is 2.06. The molecule has 4 atom stereocenters. The van der Waals surface area contributed by atoms with Crippen LogP contribution in [-0.2, 0) is 4.74 Å². The fraction of sp³-hybridized carbons (Fsp3) is 1.00. The van der Waals surface area contributed by atoms with E-state index in [9.17, 15) is 0 Å². The van der Waals surface area contributed by atoms with Gasteiger partial charge >= 0.3 is 0 Å². The summed E-state index contributed by atoms with van der Waals surface area (Å²) >= 11 is 0. The third-order valence-corrected chi connectivity index (χ3v) is 6.00. The summed E-state index contributed by atoms with van der Waals surface area (Å²) in [5.41, 5.74) is 0.974. The second kappa shape index (κ2) is 3.25. The van der Waals surface area contributed by atoms with Crippen molar-refractivity contribution in [1.29, 1.82) is 0 Å². The van der Waals surface area contributed by atoms with Gasteiger partial charge in [-0.1, -0.05) is 0 Å².